The van der Waals surface area contributed by atoms with Gasteiger partial charge in [0, 0.05) is 26.2 Å². The molecule has 1 aliphatic rings. The van der Waals surface area contributed by atoms with Gasteiger partial charge in [-0.3, -0.25) is 4.79 Å². The zero-order valence-corrected chi connectivity index (χ0v) is 11.8. The maximum atomic E-state index is 12.4. The van der Waals surface area contributed by atoms with Crippen molar-refractivity contribution >= 4 is 5.91 Å². The summed E-state index contributed by atoms with van der Waals surface area (Å²) in [7, 11) is 1.70. The summed E-state index contributed by atoms with van der Waals surface area (Å²) in [5.74, 6) is 0.240. The van der Waals surface area contributed by atoms with Gasteiger partial charge in [-0.25, -0.2) is 0 Å². The average molecular weight is 278 g/mol. The number of phenolic OH excluding ortho intramolecular Hbond substituents is 1. The van der Waals surface area contributed by atoms with E-state index in [0.717, 1.165) is 18.4 Å². The van der Waals surface area contributed by atoms with Gasteiger partial charge >= 0.3 is 0 Å². The Balaban J connectivity index is 2.01. The second-order valence-corrected chi connectivity index (χ2v) is 5.21. The number of carbonyl (C=O) groups excluding carboxylic acids is 1. The predicted octanol–water partition coefficient (Wildman–Crippen LogP) is 0.899. The summed E-state index contributed by atoms with van der Waals surface area (Å²) in [5, 5.41) is 9.44. The van der Waals surface area contributed by atoms with Gasteiger partial charge in [0.05, 0.1) is 12.5 Å². The Labute approximate surface area is 119 Å². The van der Waals surface area contributed by atoms with Gasteiger partial charge in [0.15, 0.2) is 0 Å². The molecule has 1 fully saturated rings. The predicted molar refractivity (Wildman–Crippen MR) is 76.4 cm³/mol. The summed E-state index contributed by atoms with van der Waals surface area (Å²) < 4.78 is 5.36. The number of phenols is 1. The van der Waals surface area contributed by atoms with Gasteiger partial charge < -0.3 is 20.5 Å². The van der Waals surface area contributed by atoms with Crippen molar-refractivity contribution in [1.29, 1.82) is 0 Å². The van der Waals surface area contributed by atoms with Crippen LogP contribution in [0.3, 0.4) is 0 Å². The molecule has 1 aliphatic heterocycles. The number of amides is 1. The first-order valence-electron chi connectivity index (χ1n) is 6.94. The standard InChI is InChI=1S/C15H22N2O3/c1-20-14-5-6-17(12(9-14)10-16)15(19)8-11-3-2-4-13(18)7-11/h2-4,7,12,14,18H,5-6,8-10,16H2,1H3. The van der Waals surface area contributed by atoms with Gasteiger partial charge in [-0.2, -0.15) is 0 Å². The van der Waals surface area contributed by atoms with Crippen molar-refractivity contribution in [3.63, 3.8) is 0 Å². The number of nitrogens with zero attached hydrogens (tertiary/aromatic N) is 1. The van der Waals surface area contributed by atoms with Crippen molar-refractivity contribution in [3.8, 4) is 5.75 Å². The van der Waals surface area contributed by atoms with E-state index in [9.17, 15) is 9.90 Å². The van der Waals surface area contributed by atoms with Crippen LogP contribution in [0.1, 0.15) is 18.4 Å². The van der Waals surface area contributed by atoms with Crippen LogP contribution in [0.4, 0.5) is 0 Å². The topological polar surface area (TPSA) is 75.8 Å². The van der Waals surface area contributed by atoms with E-state index in [1.807, 2.05) is 11.0 Å². The van der Waals surface area contributed by atoms with Gasteiger partial charge in [-0.1, -0.05) is 12.1 Å². The zero-order chi connectivity index (χ0) is 14.5. The molecule has 0 bridgehead atoms. The molecule has 5 heteroatoms. The lowest BCUT2D eigenvalue weighted by atomic mass is 9.98. The molecular weight excluding hydrogens is 256 g/mol. The molecule has 1 amide bonds. The number of benzene rings is 1. The number of carbonyl (C=O) groups is 1. The second kappa shape index (κ2) is 6.72. The van der Waals surface area contributed by atoms with Crippen molar-refractivity contribution < 1.29 is 14.6 Å². The molecule has 0 radical (unpaired) electrons. The molecule has 1 aromatic rings. The van der Waals surface area contributed by atoms with Crippen molar-refractivity contribution in [2.45, 2.75) is 31.4 Å². The molecular formula is C15H22N2O3. The van der Waals surface area contributed by atoms with Crippen LogP contribution in [-0.2, 0) is 16.0 Å². The smallest absolute Gasteiger partial charge is 0.227 e. The van der Waals surface area contributed by atoms with Gasteiger partial charge in [0.1, 0.15) is 5.75 Å². The number of hydrogen-bond donors (Lipinski definition) is 2. The molecule has 0 aromatic heterocycles. The highest BCUT2D eigenvalue weighted by atomic mass is 16.5. The molecule has 1 saturated heterocycles. The van der Waals surface area contributed by atoms with Crippen LogP contribution in [0.15, 0.2) is 24.3 Å². The van der Waals surface area contributed by atoms with Crippen molar-refractivity contribution in [3.05, 3.63) is 29.8 Å². The van der Waals surface area contributed by atoms with E-state index in [1.54, 1.807) is 25.3 Å². The van der Waals surface area contributed by atoms with E-state index in [2.05, 4.69) is 0 Å². The van der Waals surface area contributed by atoms with Crippen LogP contribution in [0.5, 0.6) is 5.75 Å². The highest BCUT2D eigenvalue weighted by molar-refractivity contribution is 5.79. The second-order valence-electron chi connectivity index (χ2n) is 5.21. The Bertz CT molecular complexity index is 464. The number of rotatable bonds is 4. The lowest BCUT2D eigenvalue weighted by Crippen LogP contribution is -2.51. The first kappa shape index (κ1) is 14.8. The Hall–Kier alpha value is -1.59. The molecule has 1 aromatic carbocycles. The lowest BCUT2D eigenvalue weighted by Gasteiger charge is -2.38. The normalized spacial score (nSPS) is 22.8. The third-order valence-corrected chi connectivity index (χ3v) is 3.86. The van der Waals surface area contributed by atoms with Crippen LogP contribution in [0.25, 0.3) is 0 Å². The minimum absolute atomic E-state index is 0.0403. The highest BCUT2D eigenvalue weighted by Crippen LogP contribution is 2.21. The number of piperidine rings is 1. The molecule has 0 aliphatic carbocycles. The van der Waals surface area contributed by atoms with E-state index < -0.39 is 0 Å². The third kappa shape index (κ3) is 3.49. The third-order valence-electron chi connectivity index (χ3n) is 3.86. The van der Waals surface area contributed by atoms with Gasteiger partial charge in [-0.15, -0.1) is 0 Å². The summed E-state index contributed by atoms with van der Waals surface area (Å²) in [6.45, 7) is 1.13. The molecule has 3 N–H and O–H groups in total. The molecule has 5 nitrogen and oxygen atoms in total. The largest absolute Gasteiger partial charge is 0.508 e. The molecule has 20 heavy (non-hydrogen) atoms. The molecule has 1 heterocycles. The Morgan fingerprint density at radius 3 is 3.00 bits per heavy atom. The zero-order valence-electron chi connectivity index (χ0n) is 11.8. The van der Waals surface area contributed by atoms with Crippen molar-refractivity contribution in [2.24, 2.45) is 5.73 Å². The van der Waals surface area contributed by atoms with Crippen LogP contribution >= 0.6 is 0 Å². The monoisotopic (exact) mass is 278 g/mol. The fourth-order valence-electron chi connectivity index (χ4n) is 2.72. The van der Waals surface area contributed by atoms with Crippen LogP contribution in [-0.4, -0.2) is 48.3 Å². The van der Waals surface area contributed by atoms with E-state index >= 15 is 0 Å². The Morgan fingerprint density at radius 2 is 2.35 bits per heavy atom. The minimum atomic E-state index is 0.0403. The Morgan fingerprint density at radius 1 is 1.55 bits per heavy atom. The summed E-state index contributed by atoms with van der Waals surface area (Å²) in [5.41, 5.74) is 6.60. The number of hydrogen-bond acceptors (Lipinski definition) is 4. The first-order chi connectivity index (χ1) is 9.63. The van der Waals surface area contributed by atoms with E-state index in [0.29, 0.717) is 19.5 Å². The van der Waals surface area contributed by atoms with Crippen LogP contribution in [0, 0.1) is 0 Å². The molecule has 2 rings (SSSR count). The summed E-state index contributed by atoms with van der Waals surface area (Å²) in [6, 6.07) is 6.85. The molecule has 2 unspecified atom stereocenters. The quantitative estimate of drug-likeness (QED) is 0.858. The van der Waals surface area contributed by atoms with E-state index in [4.69, 9.17) is 10.5 Å². The molecule has 0 spiro atoms. The van der Waals surface area contributed by atoms with Crippen molar-refractivity contribution in [2.75, 3.05) is 20.2 Å². The van der Waals surface area contributed by atoms with E-state index in [-0.39, 0.29) is 23.8 Å². The van der Waals surface area contributed by atoms with E-state index in [1.165, 1.54) is 0 Å². The number of likely N-dealkylation sites (tertiary alicyclic amines) is 1. The average Bonchev–Trinajstić information content (AvgIpc) is 2.46. The highest BCUT2D eigenvalue weighted by Gasteiger charge is 2.30. The minimum Gasteiger partial charge on any atom is -0.508 e. The molecule has 0 saturated carbocycles. The number of methoxy groups -OCH3 is 1. The maximum absolute atomic E-state index is 12.4. The first-order valence-corrected chi connectivity index (χ1v) is 6.94. The lowest BCUT2D eigenvalue weighted by molar-refractivity contribution is -0.136. The van der Waals surface area contributed by atoms with Gasteiger partial charge in [0.2, 0.25) is 5.91 Å². The number of aromatic hydroxyl groups is 1. The van der Waals surface area contributed by atoms with Crippen LogP contribution in [0.2, 0.25) is 0 Å². The Kier molecular flexibility index (Phi) is 4.98. The van der Waals surface area contributed by atoms with Gasteiger partial charge in [0.25, 0.3) is 0 Å². The molecule has 110 valence electrons. The summed E-state index contributed by atoms with van der Waals surface area (Å²) >= 11 is 0. The van der Waals surface area contributed by atoms with Crippen LogP contribution < -0.4 is 5.73 Å². The number of nitrogens with two attached hydrogens (primary N) is 1. The molecule has 2 atom stereocenters. The van der Waals surface area contributed by atoms with Gasteiger partial charge in [-0.05, 0) is 30.5 Å². The maximum Gasteiger partial charge on any atom is 0.227 e. The fourth-order valence-corrected chi connectivity index (χ4v) is 2.72. The summed E-state index contributed by atoms with van der Waals surface area (Å²) in [6.07, 6.45) is 2.12. The fraction of sp³-hybridized carbons (Fsp3) is 0.533. The summed E-state index contributed by atoms with van der Waals surface area (Å²) in [4.78, 5) is 14.2. The SMILES string of the molecule is COC1CCN(C(=O)Cc2cccc(O)c2)C(CN)C1. The number of ether oxygens (including phenoxy) is 1. The van der Waals surface area contributed by atoms with Crippen molar-refractivity contribution in [1.82, 2.24) is 4.90 Å².